The highest BCUT2D eigenvalue weighted by molar-refractivity contribution is 5.95. The van der Waals surface area contributed by atoms with Crippen molar-refractivity contribution >= 4 is 17.8 Å². The largest absolute Gasteiger partial charge is 0.508 e. The molecule has 0 aliphatic carbocycles. The van der Waals surface area contributed by atoms with E-state index in [2.05, 4.69) is 46.3 Å². The number of rotatable bonds is 8. The van der Waals surface area contributed by atoms with Crippen LogP contribution in [0.2, 0.25) is 0 Å². The second-order valence-electron chi connectivity index (χ2n) is 10.1. The third-order valence-corrected chi connectivity index (χ3v) is 6.76. The van der Waals surface area contributed by atoms with E-state index in [0.717, 1.165) is 26.1 Å². The number of benzene rings is 2. The smallest absolute Gasteiger partial charge is 0.322 e. The molecular formula is C33H34N4O7. The molecule has 4 N–H and O–H groups in total. The number of likely N-dealkylation sites (N-methyl/N-ethyl adjacent to an activating group) is 1. The van der Waals surface area contributed by atoms with Crippen LogP contribution in [0, 0.1) is 23.7 Å². The summed E-state index contributed by atoms with van der Waals surface area (Å²) in [7, 11) is 2.06. The van der Waals surface area contributed by atoms with Crippen molar-refractivity contribution in [3.8, 4) is 40.9 Å². The van der Waals surface area contributed by atoms with Crippen molar-refractivity contribution in [2.45, 2.75) is 12.0 Å². The van der Waals surface area contributed by atoms with Crippen molar-refractivity contribution < 1.29 is 34.1 Å². The lowest BCUT2D eigenvalue weighted by Crippen LogP contribution is -2.54. The van der Waals surface area contributed by atoms with Crippen LogP contribution in [0.5, 0.6) is 17.2 Å². The standard InChI is InChI=1S/C33H34N4O7/c1-36-15-6-16-37(18-17-36)31(41)26-8-10-28(11-9-26)43-19-4-7-25-21-27(38)23-29(22-25)44-20-5-13-33(12-2-3-14-35-33)32(42)34-24-30(39)40/h2-3,8-12,14,21-23,35,38H,6,15-20,24H2,1H3,(H,34,42)(H,39,40). The molecule has 0 spiro atoms. The molecule has 2 heterocycles. The van der Waals surface area contributed by atoms with E-state index in [1.165, 1.54) is 24.4 Å². The van der Waals surface area contributed by atoms with Crippen LogP contribution in [0.1, 0.15) is 22.3 Å². The molecule has 2 aromatic carbocycles. The third kappa shape index (κ3) is 9.05. The van der Waals surface area contributed by atoms with Gasteiger partial charge in [-0.15, -0.1) is 0 Å². The SMILES string of the molecule is CN1CCCN(C(=O)c2ccc(OCC#Cc3cc(O)cc(OCC#CC4(C(=O)NCC(=O)O)C=CC=CN4)c3)cc2)CC1. The van der Waals surface area contributed by atoms with Crippen molar-refractivity contribution in [3.63, 3.8) is 0 Å². The number of carboxylic acids is 1. The Hall–Kier alpha value is -5.39. The minimum Gasteiger partial charge on any atom is -0.508 e. The van der Waals surface area contributed by atoms with E-state index in [0.29, 0.717) is 29.2 Å². The average molecular weight is 599 g/mol. The van der Waals surface area contributed by atoms with Gasteiger partial charge in [-0.3, -0.25) is 14.4 Å². The summed E-state index contributed by atoms with van der Waals surface area (Å²) in [5.41, 5.74) is -0.333. The van der Waals surface area contributed by atoms with Gasteiger partial charge in [0.2, 0.25) is 0 Å². The summed E-state index contributed by atoms with van der Waals surface area (Å²) in [6.07, 6.45) is 7.31. The predicted molar refractivity (Wildman–Crippen MR) is 163 cm³/mol. The summed E-state index contributed by atoms with van der Waals surface area (Å²) in [5.74, 6) is 10.4. The van der Waals surface area contributed by atoms with Crippen LogP contribution in [0.25, 0.3) is 0 Å². The number of phenols is 1. The Morgan fingerprint density at radius 2 is 1.75 bits per heavy atom. The maximum Gasteiger partial charge on any atom is 0.322 e. The Kier molecular flexibility index (Phi) is 10.9. The second-order valence-corrected chi connectivity index (χ2v) is 10.1. The number of allylic oxidation sites excluding steroid dienone is 2. The molecule has 4 rings (SSSR count). The number of nitrogens with one attached hydrogen (secondary N) is 2. The molecule has 228 valence electrons. The van der Waals surface area contributed by atoms with Gasteiger partial charge in [0.05, 0.1) is 0 Å². The summed E-state index contributed by atoms with van der Waals surface area (Å²) in [4.78, 5) is 40.4. The van der Waals surface area contributed by atoms with Crippen LogP contribution >= 0.6 is 0 Å². The van der Waals surface area contributed by atoms with Crippen molar-refractivity contribution in [2.24, 2.45) is 0 Å². The first kappa shape index (κ1) is 31.5. The maximum absolute atomic E-state index is 12.8. The van der Waals surface area contributed by atoms with E-state index in [1.807, 2.05) is 4.90 Å². The summed E-state index contributed by atoms with van der Waals surface area (Å²) >= 11 is 0. The van der Waals surface area contributed by atoms with Gasteiger partial charge in [-0.1, -0.05) is 29.8 Å². The number of carboxylic acid groups (broad SMARTS) is 1. The summed E-state index contributed by atoms with van der Waals surface area (Å²) in [6.45, 7) is 2.73. The van der Waals surface area contributed by atoms with Crippen LogP contribution in [-0.4, -0.2) is 96.3 Å². The third-order valence-electron chi connectivity index (χ3n) is 6.76. The number of carbonyl (C=O) groups excluding carboxylic acids is 2. The molecule has 2 aliphatic heterocycles. The first-order valence-electron chi connectivity index (χ1n) is 14.0. The molecule has 1 fully saturated rings. The minimum absolute atomic E-state index is 0.0138. The summed E-state index contributed by atoms with van der Waals surface area (Å²) in [5, 5.41) is 24.1. The molecule has 2 aliphatic rings. The van der Waals surface area contributed by atoms with Gasteiger partial charge in [0.1, 0.15) is 37.0 Å². The minimum atomic E-state index is -1.44. The molecule has 44 heavy (non-hydrogen) atoms. The van der Waals surface area contributed by atoms with Gasteiger partial charge in [0.25, 0.3) is 11.8 Å². The Balaban J connectivity index is 1.30. The molecule has 0 aromatic heterocycles. The van der Waals surface area contributed by atoms with Gasteiger partial charge >= 0.3 is 5.97 Å². The zero-order valence-electron chi connectivity index (χ0n) is 24.3. The molecule has 0 radical (unpaired) electrons. The Morgan fingerprint density at radius 1 is 0.977 bits per heavy atom. The van der Waals surface area contributed by atoms with Crippen molar-refractivity contribution in [2.75, 3.05) is 53.0 Å². The van der Waals surface area contributed by atoms with Gasteiger partial charge in [-0.05, 0) is 74.8 Å². The zero-order valence-corrected chi connectivity index (χ0v) is 24.3. The second kappa shape index (κ2) is 15.2. The van der Waals surface area contributed by atoms with Gasteiger partial charge in [-0.2, -0.15) is 0 Å². The normalized spacial score (nSPS) is 17.5. The molecular weight excluding hydrogens is 564 g/mol. The Labute approximate surface area is 256 Å². The summed E-state index contributed by atoms with van der Waals surface area (Å²) < 4.78 is 11.3. The number of hydrogen-bond donors (Lipinski definition) is 4. The summed E-state index contributed by atoms with van der Waals surface area (Å²) in [6, 6.07) is 11.5. The fourth-order valence-electron chi connectivity index (χ4n) is 4.47. The molecule has 1 unspecified atom stereocenters. The lowest BCUT2D eigenvalue weighted by Gasteiger charge is -2.25. The highest BCUT2D eigenvalue weighted by atomic mass is 16.5. The Morgan fingerprint density at radius 3 is 2.50 bits per heavy atom. The number of carbonyl (C=O) groups is 3. The van der Waals surface area contributed by atoms with E-state index >= 15 is 0 Å². The van der Waals surface area contributed by atoms with Crippen molar-refractivity contribution in [1.82, 2.24) is 20.4 Å². The molecule has 2 amide bonds. The number of hydrogen-bond acceptors (Lipinski definition) is 8. The number of ether oxygens (including phenoxy) is 2. The quantitative estimate of drug-likeness (QED) is 0.334. The van der Waals surface area contributed by atoms with E-state index in [-0.39, 0.29) is 24.9 Å². The number of aliphatic carboxylic acids is 1. The molecule has 0 bridgehead atoms. The van der Waals surface area contributed by atoms with Gasteiger partial charge in [0, 0.05) is 36.8 Å². The van der Waals surface area contributed by atoms with E-state index < -0.39 is 24.0 Å². The molecule has 2 aromatic rings. The first-order valence-corrected chi connectivity index (χ1v) is 14.0. The highest BCUT2D eigenvalue weighted by Gasteiger charge is 2.34. The number of aromatic hydroxyl groups is 1. The first-order chi connectivity index (χ1) is 21.2. The predicted octanol–water partition coefficient (Wildman–Crippen LogP) is 1.60. The molecule has 1 atom stereocenters. The zero-order chi connectivity index (χ0) is 31.4. The van der Waals surface area contributed by atoms with Crippen LogP contribution in [0.15, 0.2) is 66.9 Å². The number of nitrogens with zero attached hydrogens (tertiary/aromatic N) is 2. The van der Waals surface area contributed by atoms with Crippen molar-refractivity contribution in [1.29, 1.82) is 0 Å². The van der Waals surface area contributed by atoms with E-state index in [1.54, 1.807) is 42.5 Å². The van der Waals surface area contributed by atoms with E-state index in [4.69, 9.17) is 14.6 Å². The molecule has 0 saturated carbocycles. The van der Waals surface area contributed by atoms with Crippen LogP contribution in [-0.2, 0) is 9.59 Å². The fourth-order valence-corrected chi connectivity index (χ4v) is 4.47. The lowest BCUT2D eigenvalue weighted by atomic mass is 9.96. The van der Waals surface area contributed by atoms with Crippen LogP contribution < -0.4 is 20.1 Å². The monoisotopic (exact) mass is 598 g/mol. The van der Waals surface area contributed by atoms with Gasteiger partial charge in [-0.25, -0.2) is 0 Å². The van der Waals surface area contributed by atoms with Crippen LogP contribution in [0.4, 0.5) is 0 Å². The molecule has 11 nitrogen and oxygen atoms in total. The molecule has 11 heteroatoms. The maximum atomic E-state index is 12.8. The number of dihydropyridines is 1. The lowest BCUT2D eigenvalue weighted by molar-refractivity contribution is -0.138. The number of amides is 2. The van der Waals surface area contributed by atoms with Crippen molar-refractivity contribution in [3.05, 3.63) is 78.0 Å². The Bertz CT molecular complexity index is 1550. The average Bonchev–Trinajstić information content (AvgIpc) is 3.24. The number of phenolic OH excluding ortho intramolecular Hbond substituents is 1. The van der Waals surface area contributed by atoms with Gasteiger partial charge in [0.15, 0.2) is 5.54 Å². The topological polar surface area (TPSA) is 141 Å². The highest BCUT2D eigenvalue weighted by Crippen LogP contribution is 2.21. The fraction of sp³-hybridized carbons (Fsp3) is 0.303. The van der Waals surface area contributed by atoms with Gasteiger partial charge < -0.3 is 40.1 Å². The van der Waals surface area contributed by atoms with Crippen LogP contribution in [0.3, 0.4) is 0 Å². The molecule has 1 saturated heterocycles. The van der Waals surface area contributed by atoms with E-state index in [9.17, 15) is 19.5 Å².